The molecule has 1 amide bonds. The van der Waals surface area contributed by atoms with Gasteiger partial charge in [0.15, 0.2) is 0 Å². The van der Waals surface area contributed by atoms with Gasteiger partial charge in [-0.15, -0.1) is 0 Å². The normalized spacial score (nSPS) is 11.0. The van der Waals surface area contributed by atoms with Gasteiger partial charge >= 0.3 is 0 Å². The van der Waals surface area contributed by atoms with Crippen molar-refractivity contribution in [2.24, 2.45) is 0 Å². The molecular formula is C18H20N4O. The van der Waals surface area contributed by atoms with Crippen molar-refractivity contribution in [3.05, 3.63) is 53.9 Å². The minimum atomic E-state index is -0.144. The summed E-state index contributed by atoms with van der Waals surface area (Å²) in [4.78, 5) is 19.9. The first-order valence-electron chi connectivity index (χ1n) is 7.65. The molecule has 0 spiro atoms. The van der Waals surface area contributed by atoms with Crippen LogP contribution >= 0.6 is 0 Å². The van der Waals surface area contributed by atoms with E-state index in [0.29, 0.717) is 11.2 Å². The Kier molecular flexibility index (Phi) is 4.02. The third kappa shape index (κ3) is 3.18. The molecule has 2 heterocycles. The van der Waals surface area contributed by atoms with Crippen LogP contribution in [0.3, 0.4) is 0 Å². The van der Waals surface area contributed by atoms with Crippen molar-refractivity contribution in [3.8, 4) is 0 Å². The number of anilines is 2. The van der Waals surface area contributed by atoms with E-state index in [1.807, 2.05) is 31.2 Å². The average Bonchev–Trinajstić information content (AvgIpc) is 2.98. The van der Waals surface area contributed by atoms with Crippen LogP contribution in [0.4, 0.5) is 11.4 Å². The summed E-state index contributed by atoms with van der Waals surface area (Å²) in [5, 5.41) is 7.18. The zero-order valence-electron chi connectivity index (χ0n) is 13.5. The van der Waals surface area contributed by atoms with E-state index in [2.05, 4.69) is 34.4 Å². The number of H-pyrrole nitrogens is 1. The van der Waals surface area contributed by atoms with Gasteiger partial charge in [-0.05, 0) is 50.6 Å². The lowest BCUT2D eigenvalue weighted by atomic mass is 10.1. The average molecular weight is 308 g/mol. The Morgan fingerprint density at radius 3 is 2.78 bits per heavy atom. The Morgan fingerprint density at radius 2 is 2.00 bits per heavy atom. The molecule has 1 aromatic carbocycles. The summed E-state index contributed by atoms with van der Waals surface area (Å²) in [6.07, 6.45) is 3.42. The van der Waals surface area contributed by atoms with E-state index < -0.39 is 0 Å². The molecule has 3 N–H and O–H groups in total. The fourth-order valence-electron chi connectivity index (χ4n) is 2.55. The summed E-state index contributed by atoms with van der Waals surface area (Å²) < 4.78 is 0. The summed E-state index contributed by atoms with van der Waals surface area (Å²) in [6.45, 7) is 6.14. The van der Waals surface area contributed by atoms with Crippen LogP contribution in [0.5, 0.6) is 0 Å². The fraction of sp³-hybridized carbons (Fsp3) is 0.222. The fourth-order valence-corrected chi connectivity index (χ4v) is 2.55. The molecule has 0 saturated carbocycles. The maximum absolute atomic E-state index is 12.7. The molecule has 118 valence electrons. The molecule has 3 rings (SSSR count). The second kappa shape index (κ2) is 6.12. The molecule has 0 saturated heterocycles. The summed E-state index contributed by atoms with van der Waals surface area (Å²) in [6, 6.07) is 9.86. The molecule has 0 aliphatic heterocycles. The molecule has 5 nitrogen and oxygen atoms in total. The number of hydrogen-bond acceptors (Lipinski definition) is 3. The molecule has 23 heavy (non-hydrogen) atoms. The summed E-state index contributed by atoms with van der Waals surface area (Å²) in [5.74, 6) is -0.144. The van der Waals surface area contributed by atoms with Gasteiger partial charge in [-0.2, -0.15) is 0 Å². The number of nitrogens with one attached hydrogen (secondary N) is 3. The quantitative estimate of drug-likeness (QED) is 0.683. The highest BCUT2D eigenvalue weighted by Gasteiger charge is 2.13. The highest BCUT2D eigenvalue weighted by molar-refractivity contribution is 6.12. The Hall–Kier alpha value is -2.82. The number of aromatic amines is 1. The Bertz CT molecular complexity index is 851. The van der Waals surface area contributed by atoms with Gasteiger partial charge in [-0.25, -0.2) is 4.98 Å². The molecule has 0 aliphatic carbocycles. The number of hydrogen-bond donors (Lipinski definition) is 3. The van der Waals surface area contributed by atoms with Gasteiger partial charge in [0.25, 0.3) is 5.91 Å². The molecule has 0 aliphatic rings. The van der Waals surface area contributed by atoms with Gasteiger partial charge < -0.3 is 15.6 Å². The molecule has 0 atom stereocenters. The van der Waals surface area contributed by atoms with Crippen LogP contribution in [0.15, 0.2) is 42.7 Å². The van der Waals surface area contributed by atoms with Crippen LogP contribution < -0.4 is 10.6 Å². The van der Waals surface area contributed by atoms with Crippen molar-refractivity contribution in [3.63, 3.8) is 0 Å². The highest BCUT2D eigenvalue weighted by Crippen LogP contribution is 2.25. The van der Waals surface area contributed by atoms with Crippen molar-refractivity contribution in [1.82, 2.24) is 9.97 Å². The number of rotatable bonds is 4. The van der Waals surface area contributed by atoms with Gasteiger partial charge in [-0.3, -0.25) is 4.79 Å². The second-order valence-corrected chi connectivity index (χ2v) is 5.90. The van der Waals surface area contributed by atoms with E-state index >= 15 is 0 Å². The van der Waals surface area contributed by atoms with Crippen molar-refractivity contribution in [2.45, 2.75) is 26.8 Å². The molecule has 2 aromatic heterocycles. The van der Waals surface area contributed by atoms with Crippen molar-refractivity contribution in [1.29, 1.82) is 0 Å². The number of aryl methyl sites for hydroxylation is 1. The van der Waals surface area contributed by atoms with E-state index in [1.54, 1.807) is 18.5 Å². The smallest absolute Gasteiger partial charge is 0.256 e. The number of benzene rings is 1. The Balaban J connectivity index is 1.94. The first kappa shape index (κ1) is 15.1. The topological polar surface area (TPSA) is 69.8 Å². The SMILES string of the molecule is Cc1ccc(NC(C)C)c(NC(=O)c2ccnc3[nH]ccc23)c1. The van der Waals surface area contributed by atoms with Gasteiger partial charge in [0.2, 0.25) is 0 Å². The van der Waals surface area contributed by atoms with Crippen molar-refractivity contribution >= 4 is 28.3 Å². The summed E-state index contributed by atoms with van der Waals surface area (Å²) in [5.41, 5.74) is 4.11. The second-order valence-electron chi connectivity index (χ2n) is 5.90. The monoisotopic (exact) mass is 308 g/mol. The highest BCUT2D eigenvalue weighted by atomic mass is 16.1. The Morgan fingerprint density at radius 1 is 1.17 bits per heavy atom. The molecule has 0 radical (unpaired) electrons. The molecule has 3 aromatic rings. The number of amides is 1. The number of carbonyl (C=O) groups excluding carboxylic acids is 1. The number of aromatic nitrogens is 2. The van der Waals surface area contributed by atoms with Crippen molar-refractivity contribution < 1.29 is 4.79 Å². The first-order chi connectivity index (χ1) is 11.0. The number of pyridine rings is 1. The predicted octanol–water partition coefficient (Wildman–Crippen LogP) is 3.94. The maximum atomic E-state index is 12.7. The molecule has 0 unspecified atom stereocenters. The minimum Gasteiger partial charge on any atom is -0.381 e. The molecular weight excluding hydrogens is 288 g/mol. The van der Waals surface area contributed by atoms with Crippen LogP contribution in [-0.2, 0) is 0 Å². The van der Waals surface area contributed by atoms with Crippen LogP contribution in [0.2, 0.25) is 0 Å². The largest absolute Gasteiger partial charge is 0.381 e. The van der Waals surface area contributed by atoms with E-state index in [4.69, 9.17) is 0 Å². The van der Waals surface area contributed by atoms with Gasteiger partial charge in [0.05, 0.1) is 16.9 Å². The third-order valence-corrected chi connectivity index (χ3v) is 3.57. The standard InChI is InChI=1S/C18H20N4O/c1-11(2)21-15-5-4-12(3)10-16(15)22-18(23)14-7-9-20-17-13(14)6-8-19-17/h4-11,21H,1-3H3,(H,19,20)(H,22,23). The lowest BCUT2D eigenvalue weighted by Gasteiger charge is -2.16. The minimum absolute atomic E-state index is 0.144. The Labute approximate surface area is 135 Å². The number of fused-ring (bicyclic) bond motifs is 1. The number of carbonyl (C=O) groups is 1. The lowest BCUT2D eigenvalue weighted by Crippen LogP contribution is -2.16. The zero-order chi connectivity index (χ0) is 16.4. The molecule has 0 bridgehead atoms. The van der Waals surface area contributed by atoms with E-state index in [9.17, 15) is 4.79 Å². The number of nitrogens with zero attached hydrogens (tertiary/aromatic N) is 1. The van der Waals surface area contributed by atoms with Crippen LogP contribution in [0, 0.1) is 6.92 Å². The summed E-state index contributed by atoms with van der Waals surface area (Å²) in [7, 11) is 0. The van der Waals surface area contributed by atoms with Crippen molar-refractivity contribution in [2.75, 3.05) is 10.6 Å². The summed E-state index contributed by atoms with van der Waals surface area (Å²) >= 11 is 0. The molecule has 0 fully saturated rings. The van der Waals surface area contributed by atoms with E-state index in [1.165, 1.54) is 0 Å². The van der Waals surface area contributed by atoms with Gasteiger partial charge in [0.1, 0.15) is 5.65 Å². The lowest BCUT2D eigenvalue weighted by molar-refractivity contribution is 0.102. The van der Waals surface area contributed by atoms with E-state index in [0.717, 1.165) is 22.3 Å². The van der Waals surface area contributed by atoms with Gasteiger partial charge in [0, 0.05) is 23.8 Å². The maximum Gasteiger partial charge on any atom is 0.256 e. The van der Waals surface area contributed by atoms with Crippen LogP contribution in [0.1, 0.15) is 29.8 Å². The first-order valence-corrected chi connectivity index (χ1v) is 7.65. The van der Waals surface area contributed by atoms with Crippen LogP contribution in [-0.4, -0.2) is 21.9 Å². The zero-order valence-corrected chi connectivity index (χ0v) is 13.5. The van der Waals surface area contributed by atoms with Crippen LogP contribution in [0.25, 0.3) is 11.0 Å². The third-order valence-electron chi connectivity index (χ3n) is 3.57. The molecule has 5 heteroatoms. The van der Waals surface area contributed by atoms with E-state index in [-0.39, 0.29) is 11.9 Å². The predicted molar refractivity (Wildman–Crippen MR) is 94.0 cm³/mol. The van der Waals surface area contributed by atoms with Gasteiger partial charge in [-0.1, -0.05) is 6.07 Å².